The van der Waals surface area contributed by atoms with Crippen LogP contribution in [0.3, 0.4) is 0 Å². The van der Waals surface area contributed by atoms with Crippen LogP contribution >= 0.6 is 0 Å². The van der Waals surface area contributed by atoms with Crippen molar-refractivity contribution in [3.63, 3.8) is 0 Å². The van der Waals surface area contributed by atoms with E-state index in [0.717, 1.165) is 30.6 Å². The number of benzene rings is 1. The summed E-state index contributed by atoms with van der Waals surface area (Å²) in [6.45, 7) is 2.86. The number of amides is 4. The standard InChI is InChI=1S/C20H26FN3O3/c1-2-20(15-8-10-16(21)11-9-15)18(26)24(19(27)22-20)14-17(25)23-12-6-4-3-5-7-13-23/h8-11H,2-7,12-14H2,1H3,(H,22,27)/t20-/m0/s1. The molecule has 1 aromatic rings. The maximum atomic E-state index is 13.3. The minimum atomic E-state index is -1.25. The van der Waals surface area contributed by atoms with Crippen LogP contribution in [0.4, 0.5) is 9.18 Å². The highest BCUT2D eigenvalue weighted by Gasteiger charge is 2.51. The molecule has 7 heteroatoms. The Morgan fingerprint density at radius 1 is 1.07 bits per heavy atom. The van der Waals surface area contributed by atoms with E-state index in [2.05, 4.69) is 5.32 Å². The van der Waals surface area contributed by atoms with Gasteiger partial charge in [-0.05, 0) is 37.0 Å². The van der Waals surface area contributed by atoms with Gasteiger partial charge < -0.3 is 10.2 Å². The van der Waals surface area contributed by atoms with Crippen LogP contribution in [-0.2, 0) is 15.1 Å². The van der Waals surface area contributed by atoms with E-state index in [1.54, 1.807) is 11.8 Å². The number of hydrogen-bond acceptors (Lipinski definition) is 3. The molecule has 0 radical (unpaired) electrons. The van der Waals surface area contributed by atoms with E-state index >= 15 is 0 Å². The van der Waals surface area contributed by atoms with Gasteiger partial charge in [0.15, 0.2) is 0 Å². The fourth-order valence-electron chi connectivity index (χ4n) is 3.88. The number of halogens is 1. The Balaban J connectivity index is 1.76. The molecule has 27 heavy (non-hydrogen) atoms. The van der Waals surface area contributed by atoms with Crippen molar-refractivity contribution < 1.29 is 18.8 Å². The van der Waals surface area contributed by atoms with Crippen LogP contribution in [0.5, 0.6) is 0 Å². The Morgan fingerprint density at radius 2 is 1.67 bits per heavy atom. The quantitative estimate of drug-likeness (QED) is 0.823. The molecule has 0 unspecified atom stereocenters. The fraction of sp³-hybridized carbons (Fsp3) is 0.550. The SMILES string of the molecule is CC[C@@]1(c2ccc(F)cc2)NC(=O)N(CC(=O)N2CCCCCCC2)C1=O. The van der Waals surface area contributed by atoms with Gasteiger partial charge in [-0.15, -0.1) is 0 Å². The second kappa shape index (κ2) is 8.06. The first-order valence-electron chi connectivity index (χ1n) is 9.66. The molecule has 4 amide bonds. The second-order valence-corrected chi connectivity index (χ2v) is 7.24. The highest BCUT2D eigenvalue weighted by atomic mass is 19.1. The van der Waals surface area contributed by atoms with Gasteiger partial charge in [-0.25, -0.2) is 9.18 Å². The molecule has 0 spiro atoms. The van der Waals surface area contributed by atoms with E-state index in [1.807, 2.05) is 0 Å². The molecule has 0 saturated carbocycles. The lowest BCUT2D eigenvalue weighted by Gasteiger charge is -2.27. The van der Waals surface area contributed by atoms with Crippen molar-refractivity contribution in [2.24, 2.45) is 0 Å². The van der Waals surface area contributed by atoms with Crippen molar-refractivity contribution in [3.05, 3.63) is 35.6 Å². The molecule has 0 aromatic heterocycles. The Labute approximate surface area is 158 Å². The van der Waals surface area contributed by atoms with E-state index < -0.39 is 23.3 Å². The molecular weight excluding hydrogens is 349 g/mol. The Hall–Kier alpha value is -2.44. The number of likely N-dealkylation sites (tertiary alicyclic amines) is 1. The number of nitrogens with zero attached hydrogens (tertiary/aromatic N) is 2. The minimum absolute atomic E-state index is 0.202. The molecule has 2 heterocycles. The summed E-state index contributed by atoms with van der Waals surface area (Å²) in [5, 5.41) is 2.73. The van der Waals surface area contributed by atoms with Gasteiger partial charge in [-0.2, -0.15) is 0 Å². The topological polar surface area (TPSA) is 69.7 Å². The van der Waals surface area contributed by atoms with Crippen LogP contribution in [0.15, 0.2) is 24.3 Å². The molecule has 3 rings (SSSR count). The number of urea groups is 1. The lowest BCUT2D eigenvalue weighted by molar-refractivity contribution is -0.139. The van der Waals surface area contributed by atoms with Gasteiger partial charge in [-0.3, -0.25) is 14.5 Å². The Morgan fingerprint density at radius 3 is 2.26 bits per heavy atom. The van der Waals surface area contributed by atoms with E-state index in [-0.39, 0.29) is 12.5 Å². The van der Waals surface area contributed by atoms with E-state index in [9.17, 15) is 18.8 Å². The molecular formula is C20H26FN3O3. The van der Waals surface area contributed by atoms with Gasteiger partial charge >= 0.3 is 6.03 Å². The third kappa shape index (κ3) is 3.82. The first-order valence-corrected chi connectivity index (χ1v) is 9.66. The van der Waals surface area contributed by atoms with Gasteiger partial charge in [-0.1, -0.05) is 38.3 Å². The highest BCUT2D eigenvalue weighted by Crippen LogP contribution is 2.32. The van der Waals surface area contributed by atoms with Crippen LogP contribution in [0.25, 0.3) is 0 Å². The van der Waals surface area contributed by atoms with E-state index in [1.165, 1.54) is 30.7 Å². The zero-order chi connectivity index (χ0) is 19.4. The van der Waals surface area contributed by atoms with Crippen LogP contribution < -0.4 is 5.32 Å². The van der Waals surface area contributed by atoms with E-state index in [0.29, 0.717) is 25.1 Å². The predicted molar refractivity (Wildman–Crippen MR) is 98.3 cm³/mol. The van der Waals surface area contributed by atoms with Crippen LogP contribution in [-0.4, -0.2) is 47.3 Å². The smallest absolute Gasteiger partial charge is 0.325 e. The zero-order valence-electron chi connectivity index (χ0n) is 15.7. The molecule has 1 N–H and O–H groups in total. The van der Waals surface area contributed by atoms with Crippen molar-refractivity contribution >= 4 is 17.8 Å². The van der Waals surface area contributed by atoms with E-state index in [4.69, 9.17) is 0 Å². The molecule has 1 atom stereocenters. The summed E-state index contributed by atoms with van der Waals surface area (Å²) in [5.74, 6) is -1.07. The first kappa shape index (κ1) is 19.3. The number of imide groups is 1. The summed E-state index contributed by atoms with van der Waals surface area (Å²) in [6.07, 6.45) is 5.58. The van der Waals surface area contributed by atoms with Gasteiger partial charge in [0, 0.05) is 13.1 Å². The molecule has 0 bridgehead atoms. The maximum absolute atomic E-state index is 13.3. The largest absolute Gasteiger partial charge is 0.341 e. The summed E-state index contributed by atoms with van der Waals surface area (Å²) in [6, 6.07) is 4.95. The summed E-state index contributed by atoms with van der Waals surface area (Å²) in [5.41, 5.74) is -0.729. The Bertz CT molecular complexity index is 714. The lowest BCUT2D eigenvalue weighted by Crippen LogP contribution is -2.46. The Kier molecular flexibility index (Phi) is 5.77. The van der Waals surface area contributed by atoms with Gasteiger partial charge in [0.05, 0.1) is 0 Å². The van der Waals surface area contributed by atoms with Gasteiger partial charge in [0.2, 0.25) is 5.91 Å². The normalized spacial score (nSPS) is 23.8. The zero-order valence-corrected chi connectivity index (χ0v) is 15.7. The molecule has 6 nitrogen and oxygen atoms in total. The third-order valence-corrected chi connectivity index (χ3v) is 5.55. The highest BCUT2D eigenvalue weighted by molar-refractivity contribution is 6.09. The molecule has 2 aliphatic heterocycles. The van der Waals surface area contributed by atoms with Crippen molar-refractivity contribution in [3.8, 4) is 0 Å². The summed E-state index contributed by atoms with van der Waals surface area (Å²) < 4.78 is 13.3. The lowest BCUT2D eigenvalue weighted by atomic mass is 9.87. The molecule has 2 aliphatic rings. The first-order chi connectivity index (χ1) is 13.0. The average Bonchev–Trinajstić information content (AvgIpc) is 2.87. The number of nitrogens with one attached hydrogen (secondary N) is 1. The molecule has 0 aliphatic carbocycles. The predicted octanol–water partition coefficient (Wildman–Crippen LogP) is 2.78. The maximum Gasteiger partial charge on any atom is 0.325 e. The van der Waals surface area contributed by atoms with Crippen LogP contribution in [0.1, 0.15) is 51.0 Å². The summed E-state index contributed by atoms with van der Waals surface area (Å²) >= 11 is 0. The minimum Gasteiger partial charge on any atom is -0.341 e. The third-order valence-electron chi connectivity index (χ3n) is 5.55. The number of carbonyl (C=O) groups is 3. The monoisotopic (exact) mass is 375 g/mol. The number of rotatable bonds is 4. The molecule has 1 aromatic carbocycles. The van der Waals surface area contributed by atoms with Crippen LogP contribution in [0.2, 0.25) is 0 Å². The number of carbonyl (C=O) groups excluding carboxylic acids is 3. The van der Waals surface area contributed by atoms with Crippen molar-refractivity contribution in [1.82, 2.24) is 15.1 Å². The summed E-state index contributed by atoms with van der Waals surface area (Å²) in [7, 11) is 0. The van der Waals surface area contributed by atoms with Gasteiger partial charge in [0.25, 0.3) is 5.91 Å². The van der Waals surface area contributed by atoms with Crippen molar-refractivity contribution in [1.29, 1.82) is 0 Å². The molecule has 146 valence electrons. The van der Waals surface area contributed by atoms with Gasteiger partial charge in [0.1, 0.15) is 17.9 Å². The average molecular weight is 375 g/mol. The molecule has 2 saturated heterocycles. The second-order valence-electron chi connectivity index (χ2n) is 7.24. The van der Waals surface area contributed by atoms with Crippen molar-refractivity contribution in [2.45, 2.75) is 51.0 Å². The fourth-order valence-corrected chi connectivity index (χ4v) is 3.88. The van der Waals surface area contributed by atoms with Crippen molar-refractivity contribution in [2.75, 3.05) is 19.6 Å². The summed E-state index contributed by atoms with van der Waals surface area (Å²) in [4.78, 5) is 41.0. The molecule has 2 fully saturated rings. The number of hydrogen-bond donors (Lipinski definition) is 1. The van der Waals surface area contributed by atoms with Crippen LogP contribution in [0, 0.1) is 5.82 Å².